The Morgan fingerprint density at radius 3 is 0.813 bits per heavy atom. The van der Waals surface area contributed by atoms with Gasteiger partial charge in [-0.3, -0.25) is 14.4 Å². The second-order valence-electron chi connectivity index (χ2n) is 18.4. The fourth-order valence-corrected chi connectivity index (χ4v) is 7.12. The molecule has 0 radical (unpaired) electrons. The van der Waals surface area contributed by atoms with Gasteiger partial charge in [0.2, 0.25) is 0 Å². The van der Waals surface area contributed by atoms with E-state index in [-0.39, 0.29) is 44.0 Å². The van der Waals surface area contributed by atoms with Crippen molar-refractivity contribution in [2.24, 2.45) is 0 Å². The van der Waals surface area contributed by atoms with Gasteiger partial charge in [-0.15, -0.1) is 0 Å². The van der Waals surface area contributed by atoms with Gasteiger partial charge in [0.05, 0.1) is 0 Å². The maximum Gasteiger partial charge on any atom is 0.306 e. The van der Waals surface area contributed by atoms with Gasteiger partial charge in [0.1, 0.15) is 13.2 Å². The van der Waals surface area contributed by atoms with Crippen LogP contribution in [0.5, 0.6) is 0 Å². The van der Waals surface area contributed by atoms with Crippen LogP contribution >= 0.6 is 0 Å². The standard InChI is InChI=1S/C69H104O6/c1-4-7-10-13-16-19-22-25-27-29-31-33-34-36-37-39-41-44-47-50-53-56-59-62-68(71)74-65-66(64-73-67(70)61-58-55-52-49-46-43-24-21-18-15-12-9-6-3)75-69(72)63-60-57-54-51-48-45-42-40-38-35-32-30-28-26-23-20-17-14-11-8-5-2/h7-12,16-21,25-28,31-33,35-37,40-44,46,50,53,66H,4-6,13-15,22-24,29-30,34,38-39,45,47-49,51-52,54-65H2,1-3H3/b10-7-,11-8-,12-9-,19-16-,20-17-,21-18-,27-25-,28-26-,33-31-,35-32-,37-36-,42-40-,44-41-,46-43-,53-50-. The maximum atomic E-state index is 12.9. The maximum absolute atomic E-state index is 12.9. The largest absolute Gasteiger partial charge is 0.462 e. The lowest BCUT2D eigenvalue weighted by atomic mass is 10.1. The lowest BCUT2D eigenvalue weighted by molar-refractivity contribution is -0.167. The minimum absolute atomic E-state index is 0.129. The molecule has 0 aliphatic carbocycles. The molecule has 0 heterocycles. The van der Waals surface area contributed by atoms with Crippen LogP contribution in [0.4, 0.5) is 0 Å². The normalized spacial score (nSPS) is 13.5. The molecular formula is C69H104O6. The average Bonchev–Trinajstić information content (AvgIpc) is 3.41. The molecular weight excluding hydrogens is 925 g/mol. The van der Waals surface area contributed by atoms with E-state index in [4.69, 9.17) is 14.2 Å². The molecule has 75 heavy (non-hydrogen) atoms. The van der Waals surface area contributed by atoms with Gasteiger partial charge in [-0.2, -0.15) is 0 Å². The number of unbranched alkanes of at least 4 members (excludes halogenated alkanes) is 9. The molecule has 0 aliphatic rings. The van der Waals surface area contributed by atoms with E-state index in [1.807, 2.05) is 0 Å². The van der Waals surface area contributed by atoms with E-state index in [1.54, 1.807) is 0 Å². The topological polar surface area (TPSA) is 78.9 Å². The average molecular weight is 1030 g/mol. The first-order valence-corrected chi connectivity index (χ1v) is 29.3. The van der Waals surface area contributed by atoms with Gasteiger partial charge in [-0.05, 0) is 148 Å². The molecule has 6 nitrogen and oxygen atoms in total. The van der Waals surface area contributed by atoms with Crippen molar-refractivity contribution in [1.29, 1.82) is 0 Å². The van der Waals surface area contributed by atoms with Crippen LogP contribution in [0.25, 0.3) is 0 Å². The van der Waals surface area contributed by atoms with Crippen LogP contribution in [0.15, 0.2) is 182 Å². The number of hydrogen-bond acceptors (Lipinski definition) is 6. The predicted molar refractivity (Wildman–Crippen MR) is 324 cm³/mol. The van der Waals surface area contributed by atoms with Crippen LogP contribution in [0, 0.1) is 0 Å². The van der Waals surface area contributed by atoms with E-state index in [2.05, 4.69) is 203 Å². The molecule has 0 fully saturated rings. The summed E-state index contributed by atoms with van der Waals surface area (Å²) in [7, 11) is 0. The number of esters is 3. The van der Waals surface area contributed by atoms with Crippen molar-refractivity contribution in [3.8, 4) is 0 Å². The van der Waals surface area contributed by atoms with E-state index >= 15 is 0 Å². The van der Waals surface area contributed by atoms with Crippen molar-refractivity contribution < 1.29 is 28.6 Å². The fourth-order valence-electron chi connectivity index (χ4n) is 7.12. The highest BCUT2D eigenvalue weighted by molar-refractivity contribution is 5.71. The Hall–Kier alpha value is -5.49. The predicted octanol–water partition coefficient (Wildman–Crippen LogP) is 20.1. The number of rotatable bonds is 50. The van der Waals surface area contributed by atoms with Gasteiger partial charge >= 0.3 is 17.9 Å². The summed E-state index contributed by atoms with van der Waals surface area (Å²) in [6.45, 7) is 6.18. The van der Waals surface area contributed by atoms with E-state index in [0.29, 0.717) is 12.8 Å². The zero-order valence-corrected chi connectivity index (χ0v) is 47.5. The minimum Gasteiger partial charge on any atom is -0.462 e. The van der Waals surface area contributed by atoms with Crippen molar-refractivity contribution in [3.05, 3.63) is 182 Å². The first-order chi connectivity index (χ1) is 37.0. The van der Waals surface area contributed by atoms with Gasteiger partial charge in [0.15, 0.2) is 6.10 Å². The van der Waals surface area contributed by atoms with Crippen LogP contribution < -0.4 is 0 Å². The Kier molecular flexibility index (Phi) is 56.6. The molecule has 1 atom stereocenters. The van der Waals surface area contributed by atoms with Crippen molar-refractivity contribution in [2.45, 2.75) is 219 Å². The highest BCUT2D eigenvalue weighted by atomic mass is 16.6. The van der Waals surface area contributed by atoms with E-state index < -0.39 is 6.10 Å². The Morgan fingerprint density at radius 2 is 0.493 bits per heavy atom. The van der Waals surface area contributed by atoms with Crippen LogP contribution in [-0.4, -0.2) is 37.2 Å². The highest BCUT2D eigenvalue weighted by Gasteiger charge is 2.19. The Labute approximate surface area is 459 Å². The van der Waals surface area contributed by atoms with Crippen LogP contribution in [0.3, 0.4) is 0 Å². The molecule has 0 rings (SSSR count). The van der Waals surface area contributed by atoms with Crippen LogP contribution in [0.2, 0.25) is 0 Å². The summed E-state index contributed by atoms with van der Waals surface area (Å²) in [5.41, 5.74) is 0. The third-order valence-corrected chi connectivity index (χ3v) is 11.4. The van der Waals surface area contributed by atoms with Gasteiger partial charge in [-0.25, -0.2) is 0 Å². The molecule has 0 aliphatic heterocycles. The lowest BCUT2D eigenvalue weighted by Crippen LogP contribution is -2.30. The van der Waals surface area contributed by atoms with Crippen molar-refractivity contribution in [2.75, 3.05) is 13.2 Å². The number of hydrogen-bond donors (Lipinski definition) is 0. The van der Waals surface area contributed by atoms with E-state index in [9.17, 15) is 14.4 Å². The molecule has 0 spiro atoms. The SMILES string of the molecule is CC/C=C\C/C=C\C/C=C\C/C=C\C/C=C\C/C=C\C/C=C\CCCC(=O)OCC(COC(=O)CCCCC/C=C\C/C=C\C/C=C\CC)OC(=O)CCCCCCC/C=C\C/C=C\C/C=C\C/C=C\C/C=C\CC. The number of carbonyl (C=O) groups is 3. The number of allylic oxidation sites excluding steroid dienone is 30. The summed E-state index contributed by atoms with van der Waals surface area (Å²) < 4.78 is 16.8. The second kappa shape index (κ2) is 61.1. The quantitative estimate of drug-likeness (QED) is 0.0261. The summed E-state index contributed by atoms with van der Waals surface area (Å²) in [6, 6.07) is 0. The van der Waals surface area contributed by atoms with Crippen LogP contribution in [0.1, 0.15) is 213 Å². The number of ether oxygens (including phenoxy) is 3. The first-order valence-electron chi connectivity index (χ1n) is 29.3. The number of carbonyl (C=O) groups excluding carboxylic acids is 3. The monoisotopic (exact) mass is 1030 g/mol. The van der Waals surface area contributed by atoms with Crippen LogP contribution in [-0.2, 0) is 28.6 Å². The first kappa shape index (κ1) is 69.5. The second-order valence-corrected chi connectivity index (χ2v) is 18.4. The molecule has 0 aromatic heterocycles. The molecule has 0 saturated carbocycles. The molecule has 0 aromatic rings. The minimum atomic E-state index is -0.836. The zero-order valence-electron chi connectivity index (χ0n) is 47.5. The van der Waals surface area contributed by atoms with Crippen molar-refractivity contribution in [3.63, 3.8) is 0 Å². The van der Waals surface area contributed by atoms with E-state index in [0.717, 1.165) is 167 Å². The Balaban J connectivity index is 4.57. The molecule has 416 valence electrons. The highest BCUT2D eigenvalue weighted by Crippen LogP contribution is 2.12. The summed E-state index contributed by atoms with van der Waals surface area (Å²) in [5.74, 6) is -1.05. The summed E-state index contributed by atoms with van der Waals surface area (Å²) >= 11 is 0. The Bertz CT molecular complexity index is 1800. The molecule has 0 saturated heterocycles. The zero-order chi connectivity index (χ0) is 54.3. The molecule has 0 bridgehead atoms. The van der Waals surface area contributed by atoms with Gasteiger partial charge in [0, 0.05) is 19.3 Å². The fraction of sp³-hybridized carbons (Fsp3) is 0.522. The van der Waals surface area contributed by atoms with Gasteiger partial charge in [0.25, 0.3) is 0 Å². The molecule has 6 heteroatoms. The summed E-state index contributed by atoms with van der Waals surface area (Å²) in [5, 5.41) is 0. The van der Waals surface area contributed by atoms with Gasteiger partial charge in [-0.1, -0.05) is 229 Å². The third-order valence-electron chi connectivity index (χ3n) is 11.4. The summed E-state index contributed by atoms with van der Waals surface area (Å²) in [6.07, 6.45) is 91.7. The third kappa shape index (κ3) is 59.3. The molecule has 1 unspecified atom stereocenters. The molecule has 0 amide bonds. The lowest BCUT2D eigenvalue weighted by Gasteiger charge is -2.18. The van der Waals surface area contributed by atoms with Crippen molar-refractivity contribution >= 4 is 17.9 Å². The summed E-state index contributed by atoms with van der Waals surface area (Å²) in [4.78, 5) is 38.2. The molecule has 0 aromatic carbocycles. The van der Waals surface area contributed by atoms with Crippen molar-refractivity contribution in [1.82, 2.24) is 0 Å². The van der Waals surface area contributed by atoms with Gasteiger partial charge < -0.3 is 14.2 Å². The van der Waals surface area contributed by atoms with E-state index in [1.165, 1.54) is 0 Å². The molecule has 0 N–H and O–H groups in total. The Morgan fingerprint density at radius 1 is 0.267 bits per heavy atom. The smallest absolute Gasteiger partial charge is 0.306 e.